The first kappa shape index (κ1) is 30.2. The van der Waals surface area contributed by atoms with Crippen LogP contribution in [-0.4, -0.2) is 64.3 Å². The molecule has 4 rings (SSSR count). The van der Waals surface area contributed by atoms with Crippen molar-refractivity contribution in [3.8, 4) is 0 Å². The lowest BCUT2D eigenvalue weighted by molar-refractivity contribution is -0.207. The molecule has 12 atom stereocenters. The highest BCUT2D eigenvalue weighted by Gasteiger charge is 2.65. The van der Waals surface area contributed by atoms with Crippen LogP contribution in [0.25, 0.3) is 0 Å². The van der Waals surface area contributed by atoms with Gasteiger partial charge in [0.2, 0.25) is 5.91 Å². The fraction of sp³-hybridized carbons (Fsp3) is 0.966. The molecule has 4 aliphatic carbocycles. The van der Waals surface area contributed by atoms with Crippen LogP contribution in [0.4, 0.5) is 0 Å². The molecule has 8 nitrogen and oxygen atoms in total. The number of nitrogens with one attached hydrogen (secondary N) is 1. The summed E-state index contributed by atoms with van der Waals surface area (Å²) < 4.78 is 33.7. The molecule has 0 aromatic heterocycles. The summed E-state index contributed by atoms with van der Waals surface area (Å²) in [6.07, 6.45) is 5.51. The Balaban J connectivity index is 1.44. The van der Waals surface area contributed by atoms with Crippen molar-refractivity contribution in [3.63, 3.8) is 0 Å². The van der Waals surface area contributed by atoms with Crippen LogP contribution >= 0.6 is 0 Å². The van der Waals surface area contributed by atoms with Gasteiger partial charge in [-0.25, -0.2) is 8.42 Å². The van der Waals surface area contributed by atoms with Crippen LogP contribution in [0.3, 0.4) is 0 Å². The summed E-state index contributed by atoms with van der Waals surface area (Å²) >= 11 is 0. The lowest BCUT2D eigenvalue weighted by Crippen LogP contribution is -2.62. The second-order valence-electron chi connectivity index (χ2n) is 14.2. The minimum absolute atomic E-state index is 0.0394. The standard InChI is InChI=1S/C29H51NO7S/c1-16(2)23(15-38(35,36)37)30-26(34)9-6-17(3)20-7-8-21-27-22(14-25(33)29(20,21)5)28(4)11-10-19(31)12-18(28)13-24(27)32/h16-25,27,31-33H,6-15H2,1-5H3,(H,30,34)(H,35,36,37)/p-1/t17-,18+,19-,20-,21+,22+,23-,24-,25+,27+,28+,29-/m1/s1. The average Bonchev–Trinajstić information content (AvgIpc) is 3.16. The first-order valence-corrected chi connectivity index (χ1v) is 16.4. The largest absolute Gasteiger partial charge is 0.748 e. The number of hydrogen-bond acceptors (Lipinski definition) is 7. The van der Waals surface area contributed by atoms with Crippen LogP contribution in [-0.2, 0) is 14.9 Å². The zero-order valence-electron chi connectivity index (χ0n) is 23.8. The van der Waals surface area contributed by atoms with E-state index in [0.717, 1.165) is 38.5 Å². The quantitative estimate of drug-likeness (QED) is 0.336. The highest BCUT2D eigenvalue weighted by Crippen LogP contribution is 2.68. The summed E-state index contributed by atoms with van der Waals surface area (Å²) in [4.78, 5) is 12.7. The second-order valence-corrected chi connectivity index (χ2v) is 15.6. The summed E-state index contributed by atoms with van der Waals surface area (Å²) in [7, 11) is -4.44. The first-order valence-electron chi connectivity index (χ1n) is 14.8. The Labute approximate surface area is 229 Å². The van der Waals surface area contributed by atoms with Crippen molar-refractivity contribution in [1.29, 1.82) is 0 Å². The minimum Gasteiger partial charge on any atom is -0.748 e. The molecular formula is C29H50NO7S-. The summed E-state index contributed by atoms with van der Waals surface area (Å²) in [5.74, 6) is 0.305. The van der Waals surface area contributed by atoms with E-state index in [0.29, 0.717) is 18.8 Å². The van der Waals surface area contributed by atoms with E-state index in [2.05, 4.69) is 26.1 Å². The van der Waals surface area contributed by atoms with Crippen LogP contribution < -0.4 is 5.32 Å². The molecule has 0 heterocycles. The number of carbonyl (C=O) groups is 1. The Morgan fingerprint density at radius 2 is 1.71 bits per heavy atom. The molecule has 0 unspecified atom stereocenters. The van der Waals surface area contributed by atoms with Gasteiger partial charge in [-0.05, 0) is 104 Å². The number of aliphatic hydroxyl groups excluding tert-OH is 3. The van der Waals surface area contributed by atoms with E-state index in [9.17, 15) is 33.1 Å². The molecule has 0 radical (unpaired) electrons. The lowest BCUT2D eigenvalue weighted by Gasteiger charge is -2.63. The van der Waals surface area contributed by atoms with Gasteiger partial charge in [-0.3, -0.25) is 4.79 Å². The maximum Gasteiger partial charge on any atom is 0.220 e. The maximum absolute atomic E-state index is 12.7. The fourth-order valence-electron chi connectivity index (χ4n) is 9.59. The molecule has 4 N–H and O–H groups in total. The highest BCUT2D eigenvalue weighted by molar-refractivity contribution is 7.85. The van der Waals surface area contributed by atoms with Crippen molar-refractivity contribution in [1.82, 2.24) is 5.32 Å². The van der Waals surface area contributed by atoms with Crippen LogP contribution in [0.15, 0.2) is 0 Å². The SMILES string of the molecule is CC(C)[C@@H](CS(=O)(=O)[O-])NC(=O)CC[C@@H](C)[C@H]1CC[C@H]2[C@@H]3[C@H](O)C[C@@H]4C[C@H](O)CC[C@]4(C)[C@H]3C[C@H](O)[C@]12C. The summed E-state index contributed by atoms with van der Waals surface area (Å²) in [5, 5.41) is 36.2. The Morgan fingerprint density at radius 1 is 1.03 bits per heavy atom. The van der Waals surface area contributed by atoms with Gasteiger partial charge in [-0.15, -0.1) is 0 Å². The molecule has 4 saturated carbocycles. The number of rotatable bonds is 8. The molecule has 1 amide bonds. The Bertz CT molecular complexity index is 972. The molecule has 4 fully saturated rings. The molecule has 0 aromatic rings. The van der Waals surface area contributed by atoms with Gasteiger partial charge in [-0.2, -0.15) is 0 Å². The zero-order valence-corrected chi connectivity index (χ0v) is 24.6. The van der Waals surface area contributed by atoms with Gasteiger partial charge >= 0.3 is 0 Å². The van der Waals surface area contributed by atoms with Gasteiger partial charge < -0.3 is 25.2 Å². The highest BCUT2D eigenvalue weighted by atomic mass is 32.2. The van der Waals surface area contributed by atoms with Crippen LogP contribution in [0.2, 0.25) is 0 Å². The summed E-state index contributed by atoms with van der Waals surface area (Å²) in [6.45, 7) is 10.2. The molecule has 0 aromatic carbocycles. The van der Waals surface area contributed by atoms with Crippen molar-refractivity contribution in [3.05, 3.63) is 0 Å². The summed E-state index contributed by atoms with van der Waals surface area (Å²) in [6, 6.07) is -0.704. The third kappa shape index (κ3) is 5.56. The Kier molecular flexibility index (Phi) is 8.68. The predicted molar refractivity (Wildman–Crippen MR) is 144 cm³/mol. The van der Waals surface area contributed by atoms with Gasteiger partial charge in [0.25, 0.3) is 0 Å². The molecule has 0 aliphatic heterocycles. The number of aliphatic hydroxyl groups is 3. The number of carbonyl (C=O) groups excluding carboxylic acids is 1. The topological polar surface area (TPSA) is 147 Å². The minimum atomic E-state index is -4.44. The van der Waals surface area contributed by atoms with Gasteiger partial charge in [0.1, 0.15) is 0 Å². The van der Waals surface area contributed by atoms with Crippen molar-refractivity contribution < 1.29 is 33.1 Å². The van der Waals surface area contributed by atoms with E-state index in [1.807, 2.05) is 0 Å². The number of fused-ring (bicyclic) bond motifs is 5. The predicted octanol–water partition coefficient (Wildman–Crippen LogP) is 3.05. The molecular weight excluding hydrogens is 506 g/mol. The van der Waals surface area contributed by atoms with Crippen molar-refractivity contribution in [2.24, 2.45) is 52.3 Å². The van der Waals surface area contributed by atoms with E-state index in [1.165, 1.54) is 0 Å². The van der Waals surface area contributed by atoms with Gasteiger partial charge in [0.15, 0.2) is 0 Å². The third-order valence-corrected chi connectivity index (χ3v) is 12.6. The van der Waals surface area contributed by atoms with Gasteiger partial charge in [0, 0.05) is 12.5 Å². The smallest absolute Gasteiger partial charge is 0.220 e. The van der Waals surface area contributed by atoms with Gasteiger partial charge in [-0.1, -0.05) is 34.6 Å². The average molecular weight is 557 g/mol. The molecule has 220 valence electrons. The summed E-state index contributed by atoms with van der Waals surface area (Å²) in [5.41, 5.74) is -0.287. The van der Waals surface area contributed by atoms with E-state index >= 15 is 0 Å². The Morgan fingerprint density at radius 3 is 2.34 bits per heavy atom. The molecule has 4 aliphatic rings. The molecule has 0 spiro atoms. The second kappa shape index (κ2) is 10.9. The molecule has 0 saturated heterocycles. The van der Waals surface area contributed by atoms with Gasteiger partial charge in [0.05, 0.1) is 34.2 Å². The number of amides is 1. The normalized spacial score (nSPS) is 44.6. The molecule has 9 heteroatoms. The van der Waals surface area contributed by atoms with Crippen molar-refractivity contribution in [2.45, 2.75) is 117 Å². The number of hydrogen-bond donors (Lipinski definition) is 4. The molecule has 0 bridgehead atoms. The third-order valence-electron chi connectivity index (χ3n) is 11.9. The van der Waals surface area contributed by atoms with Crippen LogP contribution in [0.5, 0.6) is 0 Å². The van der Waals surface area contributed by atoms with E-state index in [4.69, 9.17) is 0 Å². The van der Waals surface area contributed by atoms with Crippen LogP contribution in [0.1, 0.15) is 92.4 Å². The Hall–Kier alpha value is -0.740. The van der Waals surface area contributed by atoms with E-state index in [1.54, 1.807) is 13.8 Å². The first-order chi connectivity index (χ1) is 17.6. The maximum atomic E-state index is 12.7. The monoisotopic (exact) mass is 556 g/mol. The van der Waals surface area contributed by atoms with E-state index in [-0.39, 0.29) is 64.8 Å². The fourth-order valence-corrected chi connectivity index (χ4v) is 10.5. The molecule has 38 heavy (non-hydrogen) atoms. The van der Waals surface area contributed by atoms with Crippen molar-refractivity contribution in [2.75, 3.05) is 5.75 Å². The van der Waals surface area contributed by atoms with E-state index < -0.39 is 34.1 Å². The zero-order chi connectivity index (χ0) is 28.2. The van der Waals surface area contributed by atoms with Crippen LogP contribution in [0, 0.1) is 52.3 Å². The van der Waals surface area contributed by atoms with Crippen molar-refractivity contribution >= 4 is 16.0 Å². The lowest BCUT2D eigenvalue weighted by atomic mass is 9.43.